The zero-order valence-corrected chi connectivity index (χ0v) is 19.2. The van der Waals surface area contributed by atoms with Gasteiger partial charge in [-0.15, -0.1) is 0 Å². The first-order valence-electron chi connectivity index (χ1n) is 12.0. The fourth-order valence-electron chi connectivity index (χ4n) is 6.13. The van der Waals surface area contributed by atoms with Crippen LogP contribution in [0.4, 0.5) is 5.69 Å². The molecule has 0 bridgehead atoms. The summed E-state index contributed by atoms with van der Waals surface area (Å²) in [4.78, 5) is 6.72. The van der Waals surface area contributed by atoms with E-state index < -0.39 is 0 Å². The largest absolute Gasteiger partial charge is 0.371 e. The summed E-state index contributed by atoms with van der Waals surface area (Å²) in [6.07, 6.45) is 12.8. The first-order valence-corrected chi connectivity index (χ1v) is 12.0. The summed E-state index contributed by atoms with van der Waals surface area (Å²) in [6, 6.07) is 11.2. The van der Waals surface area contributed by atoms with Crippen LogP contribution in [0.15, 0.2) is 49.3 Å². The zero-order valence-electron chi connectivity index (χ0n) is 19.2. The first-order chi connectivity index (χ1) is 14.5. The molecule has 1 aliphatic carbocycles. The third kappa shape index (κ3) is 4.19. The number of piperidine rings is 1. The Morgan fingerprint density at radius 1 is 1.20 bits per heavy atom. The van der Waals surface area contributed by atoms with Gasteiger partial charge in [-0.1, -0.05) is 52.0 Å². The second kappa shape index (κ2) is 8.96. The number of rotatable bonds is 7. The normalized spacial score (nSPS) is 21.3. The van der Waals surface area contributed by atoms with Crippen molar-refractivity contribution < 1.29 is 0 Å². The topological polar surface area (TPSA) is 16.1 Å². The van der Waals surface area contributed by atoms with Crippen molar-refractivity contribution in [3.63, 3.8) is 0 Å². The maximum absolute atomic E-state index is 4.64. The van der Waals surface area contributed by atoms with Gasteiger partial charge in [-0.2, -0.15) is 0 Å². The van der Waals surface area contributed by atoms with Gasteiger partial charge in [0.2, 0.25) is 0 Å². The van der Waals surface area contributed by atoms with E-state index in [0.717, 1.165) is 13.1 Å². The first kappa shape index (κ1) is 21.2. The molecule has 1 aromatic carbocycles. The molecule has 2 aliphatic rings. The Hall–Kier alpha value is -2.09. The van der Waals surface area contributed by atoms with E-state index in [1.165, 1.54) is 61.8 Å². The third-order valence-corrected chi connectivity index (χ3v) is 7.85. The molecule has 0 amide bonds. The summed E-state index contributed by atoms with van der Waals surface area (Å²) in [5.74, 6) is 1.21. The van der Waals surface area contributed by atoms with Crippen LogP contribution in [0, 0.1) is 11.3 Å². The van der Waals surface area contributed by atoms with Crippen molar-refractivity contribution in [3.8, 4) is 0 Å². The molecule has 0 N–H and O–H groups in total. The highest BCUT2D eigenvalue weighted by Crippen LogP contribution is 2.46. The van der Waals surface area contributed by atoms with Crippen LogP contribution in [-0.2, 0) is 6.42 Å². The van der Waals surface area contributed by atoms with Gasteiger partial charge in [-0.3, -0.25) is 4.98 Å². The summed E-state index contributed by atoms with van der Waals surface area (Å²) in [7, 11) is 0. The summed E-state index contributed by atoms with van der Waals surface area (Å²) >= 11 is 0. The molecule has 1 fully saturated rings. The van der Waals surface area contributed by atoms with Gasteiger partial charge in [0, 0.05) is 31.2 Å². The smallest absolute Gasteiger partial charge is 0.0397 e. The predicted molar refractivity (Wildman–Crippen MR) is 129 cm³/mol. The van der Waals surface area contributed by atoms with E-state index >= 15 is 0 Å². The molecule has 0 spiro atoms. The van der Waals surface area contributed by atoms with Crippen LogP contribution in [0.25, 0.3) is 5.57 Å². The molecule has 0 saturated carbocycles. The lowest BCUT2D eigenvalue weighted by molar-refractivity contribution is 0.165. The standard InChI is InChI=1S/C28H38N2/c1-5-13-28(14-18-30(19-15-28)25-11-16-29-17-12-25)20-22(3)23(4)26-8-6-7-24-10-9-21(2)27(24)26/h6-8,11-12,16-17,21-22H,4-5,9-10,13-15,18-20H2,1-3H3. The van der Waals surface area contributed by atoms with Gasteiger partial charge in [-0.25, -0.2) is 0 Å². The number of hydrogen-bond donors (Lipinski definition) is 0. The minimum atomic E-state index is 0.449. The quantitative estimate of drug-likeness (QED) is 0.484. The zero-order chi connectivity index (χ0) is 21.1. The number of nitrogens with zero attached hydrogens (tertiary/aromatic N) is 2. The van der Waals surface area contributed by atoms with Crippen LogP contribution in [0.3, 0.4) is 0 Å². The van der Waals surface area contributed by atoms with Crippen molar-refractivity contribution in [2.75, 3.05) is 18.0 Å². The molecule has 1 saturated heterocycles. The average Bonchev–Trinajstić information content (AvgIpc) is 3.15. The maximum atomic E-state index is 4.64. The highest BCUT2D eigenvalue weighted by molar-refractivity contribution is 5.70. The van der Waals surface area contributed by atoms with E-state index in [9.17, 15) is 0 Å². The van der Waals surface area contributed by atoms with E-state index in [1.54, 1.807) is 11.1 Å². The second-order valence-electron chi connectivity index (χ2n) is 9.89. The molecule has 2 unspecified atom stereocenters. The fourth-order valence-corrected chi connectivity index (χ4v) is 6.13. The van der Waals surface area contributed by atoms with Crippen molar-refractivity contribution in [1.82, 2.24) is 4.98 Å². The van der Waals surface area contributed by atoms with E-state index in [0.29, 0.717) is 17.3 Å². The molecule has 2 nitrogen and oxygen atoms in total. The molecule has 2 heterocycles. The molecular formula is C28H38N2. The van der Waals surface area contributed by atoms with Gasteiger partial charge in [0.25, 0.3) is 0 Å². The molecular weight excluding hydrogens is 364 g/mol. The predicted octanol–water partition coefficient (Wildman–Crippen LogP) is 7.26. The highest BCUT2D eigenvalue weighted by Gasteiger charge is 2.36. The molecule has 2 aromatic rings. The van der Waals surface area contributed by atoms with Gasteiger partial charge in [0.1, 0.15) is 0 Å². The summed E-state index contributed by atoms with van der Waals surface area (Å²) in [6.45, 7) is 14.1. The van der Waals surface area contributed by atoms with Crippen molar-refractivity contribution in [3.05, 3.63) is 66.0 Å². The Bertz CT molecular complexity index is 861. The summed E-state index contributed by atoms with van der Waals surface area (Å²) < 4.78 is 0. The number of allylic oxidation sites excluding steroid dienone is 1. The number of anilines is 1. The monoisotopic (exact) mass is 402 g/mol. The van der Waals surface area contributed by atoms with Gasteiger partial charge < -0.3 is 4.90 Å². The Kier molecular flexibility index (Phi) is 6.32. The van der Waals surface area contributed by atoms with Gasteiger partial charge in [0.05, 0.1) is 0 Å². The highest BCUT2D eigenvalue weighted by atomic mass is 15.1. The molecule has 0 radical (unpaired) electrons. The number of fused-ring (bicyclic) bond motifs is 1. The lowest BCUT2D eigenvalue weighted by Crippen LogP contribution is -2.41. The summed E-state index contributed by atoms with van der Waals surface area (Å²) in [5, 5.41) is 0. The maximum Gasteiger partial charge on any atom is 0.0397 e. The Morgan fingerprint density at radius 2 is 1.93 bits per heavy atom. The van der Waals surface area contributed by atoms with Crippen molar-refractivity contribution >= 4 is 11.3 Å². The van der Waals surface area contributed by atoms with Crippen LogP contribution < -0.4 is 4.90 Å². The Morgan fingerprint density at radius 3 is 2.63 bits per heavy atom. The van der Waals surface area contributed by atoms with Gasteiger partial charge in [0.15, 0.2) is 0 Å². The third-order valence-electron chi connectivity index (χ3n) is 7.85. The number of aryl methyl sites for hydroxylation is 1. The minimum absolute atomic E-state index is 0.449. The van der Waals surface area contributed by atoms with Crippen LogP contribution in [-0.4, -0.2) is 18.1 Å². The van der Waals surface area contributed by atoms with Crippen LogP contribution in [0.1, 0.15) is 81.9 Å². The van der Waals surface area contributed by atoms with Crippen molar-refractivity contribution in [2.45, 2.75) is 71.6 Å². The fraction of sp³-hybridized carbons (Fsp3) is 0.536. The lowest BCUT2D eigenvalue weighted by Gasteiger charge is -2.44. The van der Waals surface area contributed by atoms with Crippen LogP contribution in [0.5, 0.6) is 0 Å². The van der Waals surface area contributed by atoms with Crippen molar-refractivity contribution in [2.24, 2.45) is 11.3 Å². The van der Waals surface area contributed by atoms with E-state index in [1.807, 2.05) is 12.4 Å². The minimum Gasteiger partial charge on any atom is -0.371 e. The Balaban J connectivity index is 1.47. The number of benzene rings is 1. The second-order valence-corrected chi connectivity index (χ2v) is 9.89. The van der Waals surface area contributed by atoms with E-state index in [-0.39, 0.29) is 0 Å². The summed E-state index contributed by atoms with van der Waals surface area (Å²) in [5.41, 5.74) is 7.73. The van der Waals surface area contributed by atoms with E-state index in [2.05, 4.69) is 67.6 Å². The SMILES string of the molecule is C=C(c1cccc2c1C(C)CC2)C(C)CC1(CCC)CCN(c2ccncc2)CC1. The van der Waals surface area contributed by atoms with Crippen molar-refractivity contribution in [1.29, 1.82) is 0 Å². The molecule has 2 atom stereocenters. The van der Waals surface area contributed by atoms with Gasteiger partial charge >= 0.3 is 0 Å². The number of aromatic nitrogens is 1. The van der Waals surface area contributed by atoms with Crippen LogP contribution >= 0.6 is 0 Å². The molecule has 30 heavy (non-hydrogen) atoms. The molecule has 2 heteroatoms. The number of hydrogen-bond acceptors (Lipinski definition) is 2. The number of pyridine rings is 1. The molecule has 160 valence electrons. The average molecular weight is 403 g/mol. The molecule has 4 rings (SSSR count). The molecule has 1 aromatic heterocycles. The lowest BCUT2D eigenvalue weighted by atomic mass is 9.68. The molecule has 1 aliphatic heterocycles. The van der Waals surface area contributed by atoms with E-state index in [4.69, 9.17) is 0 Å². The van der Waals surface area contributed by atoms with Crippen LogP contribution in [0.2, 0.25) is 0 Å². The Labute approximate surface area is 183 Å². The van der Waals surface area contributed by atoms with Gasteiger partial charge in [-0.05, 0) is 90.2 Å².